The number of fused-ring (bicyclic) bond motifs is 1. The van der Waals surface area contributed by atoms with E-state index in [9.17, 15) is 0 Å². The molecule has 0 aliphatic rings. The summed E-state index contributed by atoms with van der Waals surface area (Å²) in [4.78, 5) is 8.78. The van der Waals surface area contributed by atoms with Crippen LogP contribution in [0.2, 0.25) is 0 Å². The fourth-order valence-electron chi connectivity index (χ4n) is 2.22. The zero-order valence-electron chi connectivity index (χ0n) is 12.6. The fourth-order valence-corrected chi connectivity index (χ4v) is 2.22. The lowest BCUT2D eigenvalue weighted by Crippen LogP contribution is -2.22. The van der Waals surface area contributed by atoms with E-state index in [-0.39, 0.29) is 5.96 Å². The van der Waals surface area contributed by atoms with Gasteiger partial charge in [-0.1, -0.05) is 23.4 Å². The van der Waals surface area contributed by atoms with Crippen LogP contribution in [0, 0.1) is 26.2 Å². The van der Waals surface area contributed by atoms with Gasteiger partial charge in [-0.05, 0) is 26.8 Å². The third kappa shape index (κ3) is 2.60. The maximum Gasteiger partial charge on any atom is 0.230 e. The Bertz CT molecular complexity index is 835. The lowest BCUT2D eigenvalue weighted by Gasteiger charge is -2.10. The van der Waals surface area contributed by atoms with Crippen molar-refractivity contribution >= 4 is 28.5 Å². The molecule has 0 aliphatic heterocycles. The van der Waals surface area contributed by atoms with E-state index >= 15 is 0 Å². The first-order chi connectivity index (χ1) is 10.5. The van der Waals surface area contributed by atoms with Crippen molar-refractivity contribution in [1.82, 2.24) is 15.1 Å². The van der Waals surface area contributed by atoms with Crippen LogP contribution in [0.1, 0.15) is 17.1 Å². The van der Waals surface area contributed by atoms with Crippen LogP contribution in [0.5, 0.6) is 0 Å². The van der Waals surface area contributed by atoms with Crippen LogP contribution < -0.4 is 10.6 Å². The molecule has 2 aromatic heterocycles. The molecule has 0 fully saturated rings. The standard InChI is InChI=1S/C15H16N6O/c1-8-11-6-4-5-7-12(11)18-15(17-8)20-14(16)19-13-9(2)21-22-10(13)3/h4-7H,1-3H3,(H3,16,17,18,19,20). The summed E-state index contributed by atoms with van der Waals surface area (Å²) in [5.74, 6) is 1.06. The highest BCUT2D eigenvalue weighted by Crippen LogP contribution is 2.19. The molecule has 1 aromatic carbocycles. The third-order valence-electron chi connectivity index (χ3n) is 3.31. The van der Waals surface area contributed by atoms with Gasteiger partial charge < -0.3 is 9.84 Å². The molecule has 3 N–H and O–H groups in total. The Kier molecular flexibility index (Phi) is 3.46. The van der Waals surface area contributed by atoms with Gasteiger partial charge in [0.1, 0.15) is 11.4 Å². The zero-order chi connectivity index (χ0) is 15.7. The molecule has 0 amide bonds. The van der Waals surface area contributed by atoms with Crippen LogP contribution in [0.15, 0.2) is 28.8 Å². The quantitative estimate of drug-likeness (QED) is 0.496. The maximum absolute atomic E-state index is 8.00. The summed E-state index contributed by atoms with van der Waals surface area (Å²) in [7, 11) is 0. The first kappa shape index (κ1) is 14.0. The van der Waals surface area contributed by atoms with Crippen molar-refractivity contribution in [2.45, 2.75) is 20.8 Å². The molecule has 0 saturated carbocycles. The summed E-state index contributed by atoms with van der Waals surface area (Å²) in [5, 5.41) is 18.6. The molecule has 2 heterocycles. The Labute approximate surface area is 127 Å². The van der Waals surface area contributed by atoms with Crippen molar-refractivity contribution in [2.75, 3.05) is 10.6 Å². The number of hydrogen-bond donors (Lipinski definition) is 3. The van der Waals surface area contributed by atoms with Crippen LogP contribution in [0.25, 0.3) is 10.9 Å². The zero-order valence-corrected chi connectivity index (χ0v) is 12.6. The van der Waals surface area contributed by atoms with E-state index in [1.165, 1.54) is 0 Å². The molecule has 0 aliphatic carbocycles. The summed E-state index contributed by atoms with van der Waals surface area (Å²) in [6.45, 7) is 5.51. The number of nitrogens with zero attached hydrogens (tertiary/aromatic N) is 3. The molecule has 0 saturated heterocycles. The van der Waals surface area contributed by atoms with Gasteiger partial charge in [-0.25, -0.2) is 9.97 Å². The number of aromatic nitrogens is 3. The molecule has 3 rings (SSSR count). The Balaban J connectivity index is 1.82. The second-order valence-electron chi connectivity index (χ2n) is 4.97. The average molecular weight is 296 g/mol. The number of anilines is 2. The Morgan fingerprint density at radius 3 is 2.55 bits per heavy atom. The second kappa shape index (κ2) is 5.44. The third-order valence-corrected chi connectivity index (χ3v) is 3.31. The van der Waals surface area contributed by atoms with Gasteiger partial charge in [-0.15, -0.1) is 0 Å². The maximum atomic E-state index is 8.00. The highest BCUT2D eigenvalue weighted by molar-refractivity contribution is 6.01. The summed E-state index contributed by atoms with van der Waals surface area (Å²) in [6.07, 6.45) is 0. The van der Waals surface area contributed by atoms with E-state index in [4.69, 9.17) is 9.93 Å². The van der Waals surface area contributed by atoms with Crippen molar-refractivity contribution in [1.29, 1.82) is 5.41 Å². The number of aryl methyl sites for hydroxylation is 3. The van der Waals surface area contributed by atoms with Gasteiger partial charge in [0.05, 0.1) is 11.2 Å². The van der Waals surface area contributed by atoms with E-state index in [1.54, 1.807) is 6.92 Å². The van der Waals surface area contributed by atoms with E-state index in [0.717, 1.165) is 16.6 Å². The minimum Gasteiger partial charge on any atom is -0.359 e. The lowest BCUT2D eigenvalue weighted by molar-refractivity contribution is 0.393. The molecule has 0 radical (unpaired) electrons. The summed E-state index contributed by atoms with van der Waals surface area (Å²) in [5.41, 5.74) is 3.07. The van der Waals surface area contributed by atoms with Crippen molar-refractivity contribution in [3.63, 3.8) is 0 Å². The van der Waals surface area contributed by atoms with E-state index in [2.05, 4.69) is 25.8 Å². The molecule has 7 nitrogen and oxygen atoms in total. The summed E-state index contributed by atoms with van der Waals surface area (Å²) in [6, 6.07) is 7.77. The topological polar surface area (TPSA) is 99.7 Å². The van der Waals surface area contributed by atoms with Gasteiger partial charge >= 0.3 is 0 Å². The monoisotopic (exact) mass is 296 g/mol. The first-order valence-electron chi connectivity index (χ1n) is 6.83. The van der Waals surface area contributed by atoms with Crippen LogP contribution in [-0.4, -0.2) is 21.1 Å². The molecule has 0 spiro atoms. The smallest absolute Gasteiger partial charge is 0.230 e. The number of hydrogen-bond acceptors (Lipinski definition) is 5. The predicted molar refractivity (Wildman–Crippen MR) is 85.2 cm³/mol. The lowest BCUT2D eigenvalue weighted by atomic mass is 10.2. The fraction of sp³-hybridized carbons (Fsp3) is 0.200. The van der Waals surface area contributed by atoms with Gasteiger partial charge in [-0.2, -0.15) is 0 Å². The highest BCUT2D eigenvalue weighted by atomic mass is 16.5. The first-order valence-corrected chi connectivity index (χ1v) is 6.83. The SMILES string of the molecule is Cc1noc(C)c1NC(=N)Nc1nc(C)c2ccccc2n1. The summed E-state index contributed by atoms with van der Waals surface area (Å²) >= 11 is 0. The van der Waals surface area contributed by atoms with E-state index in [1.807, 2.05) is 38.1 Å². The Hall–Kier alpha value is -2.96. The van der Waals surface area contributed by atoms with E-state index < -0.39 is 0 Å². The van der Waals surface area contributed by atoms with Gasteiger partial charge in [0, 0.05) is 5.39 Å². The largest absolute Gasteiger partial charge is 0.359 e. The number of rotatable bonds is 2. The molecular formula is C15H16N6O. The molecule has 3 aromatic rings. The predicted octanol–water partition coefficient (Wildman–Crippen LogP) is 3.00. The van der Waals surface area contributed by atoms with Crippen molar-refractivity contribution in [2.24, 2.45) is 0 Å². The van der Waals surface area contributed by atoms with E-state index in [0.29, 0.717) is 23.1 Å². The minimum absolute atomic E-state index is 0.0593. The normalized spacial score (nSPS) is 10.7. The molecule has 7 heteroatoms. The van der Waals surface area contributed by atoms with Gasteiger partial charge in [0.2, 0.25) is 5.95 Å². The number of para-hydroxylation sites is 1. The minimum atomic E-state index is 0.0593. The second-order valence-corrected chi connectivity index (χ2v) is 4.97. The number of guanidine groups is 1. The molecule has 22 heavy (non-hydrogen) atoms. The number of benzene rings is 1. The number of nitrogens with one attached hydrogen (secondary N) is 3. The molecule has 112 valence electrons. The van der Waals surface area contributed by atoms with Gasteiger partial charge in [0.15, 0.2) is 11.7 Å². The van der Waals surface area contributed by atoms with Crippen LogP contribution in [0.3, 0.4) is 0 Å². The Morgan fingerprint density at radius 1 is 1.05 bits per heavy atom. The van der Waals surface area contributed by atoms with Crippen LogP contribution in [-0.2, 0) is 0 Å². The summed E-state index contributed by atoms with van der Waals surface area (Å²) < 4.78 is 5.05. The molecule has 0 atom stereocenters. The van der Waals surface area contributed by atoms with Crippen molar-refractivity contribution in [3.05, 3.63) is 41.4 Å². The molecular weight excluding hydrogens is 280 g/mol. The van der Waals surface area contributed by atoms with Crippen LogP contribution in [0.4, 0.5) is 11.6 Å². The average Bonchev–Trinajstić information content (AvgIpc) is 2.79. The molecule has 0 bridgehead atoms. The van der Waals surface area contributed by atoms with Gasteiger partial charge in [0.25, 0.3) is 0 Å². The van der Waals surface area contributed by atoms with Crippen molar-refractivity contribution in [3.8, 4) is 0 Å². The van der Waals surface area contributed by atoms with Gasteiger partial charge in [-0.3, -0.25) is 10.7 Å². The molecule has 0 unspecified atom stereocenters. The Morgan fingerprint density at radius 2 is 1.82 bits per heavy atom. The van der Waals surface area contributed by atoms with Crippen molar-refractivity contribution < 1.29 is 4.52 Å². The van der Waals surface area contributed by atoms with Crippen LogP contribution >= 0.6 is 0 Å². The highest BCUT2D eigenvalue weighted by Gasteiger charge is 2.11.